The summed E-state index contributed by atoms with van der Waals surface area (Å²) in [7, 11) is 0. The van der Waals surface area contributed by atoms with Crippen LogP contribution in [0.3, 0.4) is 0 Å². The van der Waals surface area contributed by atoms with Crippen molar-refractivity contribution in [2.24, 2.45) is 0 Å². The van der Waals surface area contributed by atoms with E-state index in [0.717, 1.165) is 0 Å². The van der Waals surface area contributed by atoms with Crippen molar-refractivity contribution < 1.29 is 18.0 Å². The lowest BCUT2D eigenvalue weighted by atomic mass is 10.1. The topological polar surface area (TPSA) is 32.3 Å². The molecule has 6 heteroatoms. The van der Waals surface area contributed by atoms with Crippen molar-refractivity contribution in [3.63, 3.8) is 0 Å². The van der Waals surface area contributed by atoms with Gasteiger partial charge in [-0.05, 0) is 0 Å². The third kappa shape index (κ3) is 3.22. The molecule has 1 unspecified atom stereocenters. The van der Waals surface area contributed by atoms with E-state index >= 15 is 0 Å². The molecule has 1 rings (SSSR count). The van der Waals surface area contributed by atoms with Crippen LogP contribution in [0.5, 0.6) is 0 Å². The first-order chi connectivity index (χ1) is 6.03. The van der Waals surface area contributed by atoms with Crippen LogP contribution < -0.4 is 5.32 Å². The van der Waals surface area contributed by atoms with E-state index in [4.69, 9.17) is 0 Å². The number of carbonyl (C=O) groups excluding carboxylic acids is 1. The minimum atomic E-state index is -4.20. The van der Waals surface area contributed by atoms with E-state index in [2.05, 4.69) is 5.32 Å². The molecular formula is C7H11F3N2O. The highest BCUT2D eigenvalue weighted by molar-refractivity contribution is 5.48. The third-order valence-electron chi connectivity index (χ3n) is 2.00. The van der Waals surface area contributed by atoms with E-state index in [9.17, 15) is 18.0 Å². The minimum Gasteiger partial charge on any atom is -0.339 e. The van der Waals surface area contributed by atoms with Gasteiger partial charge in [-0.2, -0.15) is 13.2 Å². The van der Waals surface area contributed by atoms with Gasteiger partial charge in [0.05, 0.1) is 12.5 Å². The molecule has 0 aromatic carbocycles. The predicted molar refractivity (Wildman–Crippen MR) is 40.1 cm³/mol. The molecule has 1 aliphatic rings. The Kier molecular flexibility index (Phi) is 3.13. The number of nitrogens with zero attached hydrogens (tertiary/aromatic N) is 1. The maximum absolute atomic E-state index is 12.0. The standard InChI is InChI=1S/C7H11F3N2O/c8-7(9,10)3-6-4-11-1-2-12(6)5-13/h5-6,11H,1-4H2. The van der Waals surface area contributed by atoms with Gasteiger partial charge in [-0.25, -0.2) is 0 Å². The SMILES string of the molecule is O=CN1CCNCC1CC(F)(F)F. The number of alkyl halides is 3. The Bertz CT molecular complexity index is 183. The smallest absolute Gasteiger partial charge is 0.339 e. The van der Waals surface area contributed by atoms with Gasteiger partial charge in [0.15, 0.2) is 0 Å². The number of carbonyl (C=O) groups is 1. The molecule has 1 amide bonds. The number of nitrogens with one attached hydrogen (secondary N) is 1. The summed E-state index contributed by atoms with van der Waals surface area (Å²) in [6.07, 6.45) is -4.65. The summed E-state index contributed by atoms with van der Waals surface area (Å²) >= 11 is 0. The first-order valence-electron chi connectivity index (χ1n) is 4.01. The monoisotopic (exact) mass is 196 g/mol. The number of rotatable bonds is 2. The van der Waals surface area contributed by atoms with E-state index < -0.39 is 18.6 Å². The van der Waals surface area contributed by atoms with Gasteiger partial charge < -0.3 is 10.2 Å². The molecule has 0 saturated carbocycles. The third-order valence-corrected chi connectivity index (χ3v) is 2.00. The van der Waals surface area contributed by atoms with Gasteiger partial charge in [0, 0.05) is 19.6 Å². The predicted octanol–water partition coefficient (Wildman–Crippen LogP) is 0.369. The van der Waals surface area contributed by atoms with Crippen molar-refractivity contribution in [1.82, 2.24) is 10.2 Å². The maximum Gasteiger partial charge on any atom is 0.391 e. The summed E-state index contributed by atoms with van der Waals surface area (Å²) in [5.74, 6) is 0. The van der Waals surface area contributed by atoms with Crippen LogP contribution in [0.15, 0.2) is 0 Å². The second-order valence-corrected chi connectivity index (χ2v) is 3.02. The molecule has 0 bridgehead atoms. The van der Waals surface area contributed by atoms with Crippen molar-refractivity contribution >= 4 is 6.41 Å². The lowest BCUT2D eigenvalue weighted by Gasteiger charge is -2.33. The number of halogens is 3. The highest BCUT2D eigenvalue weighted by atomic mass is 19.4. The summed E-state index contributed by atoms with van der Waals surface area (Å²) in [6, 6.07) is -0.744. The van der Waals surface area contributed by atoms with Crippen LogP contribution in [-0.2, 0) is 4.79 Å². The molecule has 1 saturated heterocycles. The number of hydrogen-bond donors (Lipinski definition) is 1. The molecule has 0 aromatic heterocycles. The molecule has 1 atom stereocenters. The number of piperazine rings is 1. The Labute approximate surface area is 73.9 Å². The summed E-state index contributed by atoms with van der Waals surface area (Å²) in [4.78, 5) is 11.6. The zero-order chi connectivity index (χ0) is 9.90. The maximum atomic E-state index is 12.0. The lowest BCUT2D eigenvalue weighted by Crippen LogP contribution is -2.52. The van der Waals surface area contributed by atoms with Crippen LogP contribution in [0.4, 0.5) is 13.2 Å². The van der Waals surface area contributed by atoms with Crippen LogP contribution in [0, 0.1) is 0 Å². The average Bonchev–Trinajstić information content (AvgIpc) is 2.02. The fourth-order valence-corrected chi connectivity index (χ4v) is 1.37. The molecule has 13 heavy (non-hydrogen) atoms. The molecular weight excluding hydrogens is 185 g/mol. The highest BCUT2D eigenvalue weighted by Crippen LogP contribution is 2.23. The Morgan fingerprint density at radius 2 is 2.23 bits per heavy atom. The largest absolute Gasteiger partial charge is 0.391 e. The Morgan fingerprint density at radius 1 is 1.54 bits per heavy atom. The molecule has 0 radical (unpaired) electrons. The van der Waals surface area contributed by atoms with Gasteiger partial charge in [-0.15, -0.1) is 0 Å². The number of hydrogen-bond acceptors (Lipinski definition) is 2. The zero-order valence-corrected chi connectivity index (χ0v) is 6.97. The Hall–Kier alpha value is -0.780. The van der Waals surface area contributed by atoms with Crippen molar-refractivity contribution in [3.8, 4) is 0 Å². The molecule has 76 valence electrons. The van der Waals surface area contributed by atoms with Crippen molar-refractivity contribution in [3.05, 3.63) is 0 Å². The molecule has 0 spiro atoms. The fraction of sp³-hybridized carbons (Fsp3) is 0.857. The van der Waals surface area contributed by atoms with Crippen LogP contribution >= 0.6 is 0 Å². The van der Waals surface area contributed by atoms with E-state index in [0.29, 0.717) is 19.5 Å². The Balaban J connectivity index is 2.50. The normalized spacial score (nSPS) is 24.5. The van der Waals surface area contributed by atoms with E-state index in [1.807, 2.05) is 0 Å². The molecule has 1 aliphatic heterocycles. The quantitative estimate of drug-likeness (QED) is 0.647. The van der Waals surface area contributed by atoms with E-state index in [1.54, 1.807) is 0 Å². The van der Waals surface area contributed by atoms with Crippen molar-refractivity contribution in [2.75, 3.05) is 19.6 Å². The fourth-order valence-electron chi connectivity index (χ4n) is 1.37. The van der Waals surface area contributed by atoms with Gasteiger partial charge in [0.25, 0.3) is 0 Å². The van der Waals surface area contributed by atoms with Crippen LogP contribution in [-0.4, -0.2) is 43.2 Å². The first kappa shape index (κ1) is 10.3. The van der Waals surface area contributed by atoms with E-state index in [1.165, 1.54) is 4.90 Å². The van der Waals surface area contributed by atoms with Crippen molar-refractivity contribution in [2.45, 2.75) is 18.6 Å². The summed E-state index contributed by atoms with van der Waals surface area (Å²) < 4.78 is 35.9. The molecule has 3 nitrogen and oxygen atoms in total. The summed E-state index contributed by atoms with van der Waals surface area (Å²) in [5, 5.41) is 2.82. The highest BCUT2D eigenvalue weighted by Gasteiger charge is 2.35. The molecule has 0 aliphatic carbocycles. The molecule has 1 N–H and O–H groups in total. The van der Waals surface area contributed by atoms with Gasteiger partial charge in [0.2, 0.25) is 6.41 Å². The number of amides is 1. The van der Waals surface area contributed by atoms with Gasteiger partial charge in [0.1, 0.15) is 0 Å². The summed E-state index contributed by atoms with van der Waals surface area (Å²) in [5.41, 5.74) is 0. The summed E-state index contributed by atoms with van der Waals surface area (Å²) in [6.45, 7) is 1.13. The second kappa shape index (κ2) is 3.95. The van der Waals surface area contributed by atoms with Crippen LogP contribution in [0.25, 0.3) is 0 Å². The van der Waals surface area contributed by atoms with Crippen LogP contribution in [0.2, 0.25) is 0 Å². The Morgan fingerprint density at radius 3 is 2.77 bits per heavy atom. The second-order valence-electron chi connectivity index (χ2n) is 3.02. The van der Waals surface area contributed by atoms with E-state index in [-0.39, 0.29) is 6.54 Å². The molecule has 1 fully saturated rings. The average molecular weight is 196 g/mol. The zero-order valence-electron chi connectivity index (χ0n) is 6.97. The first-order valence-corrected chi connectivity index (χ1v) is 4.01. The molecule has 0 aromatic rings. The lowest BCUT2D eigenvalue weighted by molar-refractivity contribution is -0.151. The van der Waals surface area contributed by atoms with Gasteiger partial charge >= 0.3 is 6.18 Å². The minimum absolute atomic E-state index is 0.220. The van der Waals surface area contributed by atoms with Crippen LogP contribution in [0.1, 0.15) is 6.42 Å². The van der Waals surface area contributed by atoms with Crippen molar-refractivity contribution in [1.29, 1.82) is 0 Å². The van der Waals surface area contributed by atoms with Gasteiger partial charge in [-0.1, -0.05) is 0 Å². The van der Waals surface area contributed by atoms with Gasteiger partial charge in [-0.3, -0.25) is 4.79 Å². The molecule has 1 heterocycles.